The Balaban J connectivity index is 1.93. The molecule has 1 aliphatic heterocycles. The zero-order valence-corrected chi connectivity index (χ0v) is 15.2. The third-order valence-electron chi connectivity index (χ3n) is 5.11. The predicted octanol–water partition coefficient (Wildman–Crippen LogP) is 4.85. The number of nitrogens with one attached hydrogen (secondary N) is 1. The topological polar surface area (TPSA) is 15.3 Å². The lowest BCUT2D eigenvalue weighted by molar-refractivity contribution is 0.245. The van der Waals surface area contributed by atoms with Crippen LogP contribution in [0.5, 0.6) is 0 Å². The van der Waals surface area contributed by atoms with E-state index in [-0.39, 0.29) is 0 Å². The van der Waals surface area contributed by atoms with E-state index >= 15 is 0 Å². The lowest BCUT2D eigenvalue weighted by atomic mass is 9.88. The second-order valence-corrected chi connectivity index (χ2v) is 8.23. The summed E-state index contributed by atoms with van der Waals surface area (Å²) in [5, 5.41) is 4.71. The molecular formula is C17H24BrClN2. The molecular weight excluding hydrogens is 348 g/mol. The van der Waals surface area contributed by atoms with E-state index in [1.54, 1.807) is 0 Å². The van der Waals surface area contributed by atoms with Crippen LogP contribution in [0, 0.1) is 5.92 Å². The van der Waals surface area contributed by atoms with Crippen LogP contribution in [-0.4, -0.2) is 24.7 Å². The van der Waals surface area contributed by atoms with Crippen molar-refractivity contribution in [3.05, 3.63) is 27.7 Å². The maximum Gasteiger partial charge on any atom is 0.0650 e. The smallest absolute Gasteiger partial charge is 0.0650 e. The molecule has 1 aromatic rings. The molecule has 2 fully saturated rings. The van der Waals surface area contributed by atoms with E-state index in [1.165, 1.54) is 31.4 Å². The standard InChI is InChI=1S/C17H24BrClN2/c1-12(2)16-10-20-17(7-3-4-8-17)11-21(16)15-6-5-13(18)9-14(15)19/h5-6,9,12,16,20H,3-4,7-8,10-11H2,1-2H3. The van der Waals surface area contributed by atoms with Crippen LogP contribution < -0.4 is 10.2 Å². The van der Waals surface area contributed by atoms with Gasteiger partial charge in [-0.05, 0) is 37.0 Å². The van der Waals surface area contributed by atoms with E-state index in [1.807, 2.05) is 6.07 Å². The number of benzene rings is 1. The lowest BCUT2D eigenvalue weighted by Gasteiger charge is -2.49. The molecule has 1 aromatic carbocycles. The van der Waals surface area contributed by atoms with Gasteiger partial charge in [-0.25, -0.2) is 0 Å². The molecule has 0 bridgehead atoms. The van der Waals surface area contributed by atoms with E-state index < -0.39 is 0 Å². The Morgan fingerprint density at radius 3 is 2.67 bits per heavy atom. The molecule has 1 saturated heterocycles. The van der Waals surface area contributed by atoms with Gasteiger partial charge in [0.2, 0.25) is 0 Å². The second kappa shape index (κ2) is 6.10. The Labute approximate surface area is 141 Å². The van der Waals surface area contributed by atoms with Gasteiger partial charge < -0.3 is 10.2 Å². The van der Waals surface area contributed by atoms with Crippen molar-refractivity contribution in [1.29, 1.82) is 0 Å². The molecule has 2 aliphatic rings. The van der Waals surface area contributed by atoms with Gasteiger partial charge in [0.15, 0.2) is 0 Å². The van der Waals surface area contributed by atoms with Gasteiger partial charge >= 0.3 is 0 Å². The first-order chi connectivity index (χ1) is 10.0. The lowest BCUT2D eigenvalue weighted by Crippen LogP contribution is -2.64. The molecule has 1 spiro atoms. The maximum absolute atomic E-state index is 6.54. The fourth-order valence-corrected chi connectivity index (χ4v) is 4.67. The molecule has 2 nitrogen and oxygen atoms in total. The van der Waals surface area contributed by atoms with Crippen LogP contribution in [0.15, 0.2) is 22.7 Å². The molecule has 1 unspecified atom stereocenters. The van der Waals surface area contributed by atoms with Crippen LogP contribution in [0.2, 0.25) is 5.02 Å². The van der Waals surface area contributed by atoms with Gasteiger partial charge in [0.05, 0.1) is 10.7 Å². The summed E-state index contributed by atoms with van der Waals surface area (Å²) in [5.74, 6) is 0.607. The number of rotatable bonds is 2. The van der Waals surface area contributed by atoms with Crippen LogP contribution in [0.1, 0.15) is 39.5 Å². The van der Waals surface area contributed by atoms with Gasteiger partial charge in [0.1, 0.15) is 0 Å². The Hall–Kier alpha value is -0.250. The molecule has 4 heteroatoms. The van der Waals surface area contributed by atoms with Crippen LogP contribution in [-0.2, 0) is 0 Å². The van der Waals surface area contributed by atoms with Crippen LogP contribution in [0.4, 0.5) is 5.69 Å². The summed E-state index contributed by atoms with van der Waals surface area (Å²) in [6, 6.07) is 6.78. The summed E-state index contributed by atoms with van der Waals surface area (Å²) >= 11 is 10.0. The summed E-state index contributed by atoms with van der Waals surface area (Å²) in [6.45, 7) is 6.75. The largest absolute Gasteiger partial charge is 0.364 e. The number of nitrogens with zero attached hydrogens (tertiary/aromatic N) is 1. The van der Waals surface area contributed by atoms with Crippen molar-refractivity contribution in [3.63, 3.8) is 0 Å². The molecule has 0 aromatic heterocycles. The SMILES string of the molecule is CC(C)C1CNC2(CCCC2)CN1c1ccc(Br)cc1Cl. The quantitative estimate of drug-likeness (QED) is 0.799. The van der Waals surface area contributed by atoms with Gasteiger partial charge in [-0.2, -0.15) is 0 Å². The van der Waals surface area contributed by atoms with E-state index in [2.05, 4.69) is 52.1 Å². The second-order valence-electron chi connectivity index (χ2n) is 6.90. The van der Waals surface area contributed by atoms with Crippen molar-refractivity contribution in [2.75, 3.05) is 18.0 Å². The highest BCUT2D eigenvalue weighted by molar-refractivity contribution is 9.10. The zero-order valence-electron chi connectivity index (χ0n) is 12.8. The maximum atomic E-state index is 6.54. The monoisotopic (exact) mass is 370 g/mol. The van der Waals surface area contributed by atoms with Crippen molar-refractivity contribution in [2.45, 2.75) is 51.1 Å². The highest BCUT2D eigenvalue weighted by Crippen LogP contribution is 2.39. The predicted molar refractivity (Wildman–Crippen MR) is 94.3 cm³/mol. The first kappa shape index (κ1) is 15.6. The molecule has 1 heterocycles. The molecule has 0 radical (unpaired) electrons. The van der Waals surface area contributed by atoms with E-state index in [4.69, 9.17) is 11.6 Å². The van der Waals surface area contributed by atoms with E-state index in [0.29, 0.717) is 17.5 Å². The summed E-state index contributed by atoms with van der Waals surface area (Å²) in [4.78, 5) is 2.56. The van der Waals surface area contributed by atoms with Crippen molar-refractivity contribution < 1.29 is 0 Å². The number of anilines is 1. The van der Waals surface area contributed by atoms with Gasteiger partial charge in [0.25, 0.3) is 0 Å². The van der Waals surface area contributed by atoms with Gasteiger partial charge in [-0.1, -0.05) is 54.2 Å². The minimum Gasteiger partial charge on any atom is -0.364 e. The van der Waals surface area contributed by atoms with Gasteiger partial charge in [0, 0.05) is 29.1 Å². The average molecular weight is 372 g/mol. The fourth-order valence-electron chi connectivity index (χ4n) is 3.89. The Morgan fingerprint density at radius 1 is 1.33 bits per heavy atom. The molecule has 0 amide bonds. The molecule has 116 valence electrons. The van der Waals surface area contributed by atoms with Crippen molar-refractivity contribution in [3.8, 4) is 0 Å². The van der Waals surface area contributed by atoms with Crippen molar-refractivity contribution in [1.82, 2.24) is 5.32 Å². The molecule has 1 N–H and O–H groups in total. The fraction of sp³-hybridized carbons (Fsp3) is 0.647. The number of piperazine rings is 1. The number of halogens is 2. The Kier molecular flexibility index (Phi) is 4.54. The minimum atomic E-state index is 0.307. The summed E-state index contributed by atoms with van der Waals surface area (Å²) in [5.41, 5.74) is 1.49. The molecule has 21 heavy (non-hydrogen) atoms. The van der Waals surface area contributed by atoms with Gasteiger partial charge in [-0.3, -0.25) is 0 Å². The normalized spacial score (nSPS) is 25.0. The third-order valence-corrected chi connectivity index (χ3v) is 5.90. The van der Waals surface area contributed by atoms with Crippen molar-refractivity contribution in [2.24, 2.45) is 5.92 Å². The van der Waals surface area contributed by atoms with Crippen LogP contribution in [0.25, 0.3) is 0 Å². The summed E-state index contributed by atoms with van der Waals surface area (Å²) in [7, 11) is 0. The third kappa shape index (κ3) is 3.11. The van der Waals surface area contributed by atoms with E-state index in [9.17, 15) is 0 Å². The number of hydrogen-bond donors (Lipinski definition) is 1. The Morgan fingerprint density at radius 2 is 2.05 bits per heavy atom. The first-order valence-corrected chi connectivity index (χ1v) is 9.15. The molecule has 1 aliphatic carbocycles. The summed E-state index contributed by atoms with van der Waals surface area (Å²) in [6.07, 6.45) is 5.29. The van der Waals surface area contributed by atoms with Crippen LogP contribution in [0.3, 0.4) is 0 Å². The Bertz CT molecular complexity index is 512. The summed E-state index contributed by atoms with van der Waals surface area (Å²) < 4.78 is 1.04. The molecule has 3 rings (SSSR count). The first-order valence-electron chi connectivity index (χ1n) is 7.97. The molecule has 1 atom stereocenters. The molecule has 1 saturated carbocycles. The van der Waals surface area contributed by atoms with Crippen LogP contribution >= 0.6 is 27.5 Å². The highest BCUT2D eigenvalue weighted by atomic mass is 79.9. The number of hydrogen-bond acceptors (Lipinski definition) is 2. The van der Waals surface area contributed by atoms with Crippen molar-refractivity contribution >= 4 is 33.2 Å². The zero-order chi connectivity index (χ0) is 15.0. The highest BCUT2D eigenvalue weighted by Gasteiger charge is 2.42. The van der Waals surface area contributed by atoms with E-state index in [0.717, 1.165) is 22.6 Å². The minimum absolute atomic E-state index is 0.307. The average Bonchev–Trinajstić information content (AvgIpc) is 2.86. The van der Waals surface area contributed by atoms with Gasteiger partial charge in [-0.15, -0.1) is 0 Å².